The van der Waals surface area contributed by atoms with Crippen LogP contribution >= 0.6 is 9.24 Å². The van der Waals surface area contributed by atoms with Gasteiger partial charge in [-0.25, -0.2) is 13.8 Å². The van der Waals surface area contributed by atoms with Crippen molar-refractivity contribution in [2.24, 2.45) is 0 Å². The van der Waals surface area contributed by atoms with Crippen LogP contribution in [0.25, 0.3) is 21.9 Å². The van der Waals surface area contributed by atoms with Crippen molar-refractivity contribution in [3.8, 4) is 0 Å². The number of alkyl halides is 1. The van der Waals surface area contributed by atoms with Gasteiger partial charge in [0.05, 0.1) is 11.2 Å². The Morgan fingerprint density at radius 3 is 2.61 bits per heavy atom. The molecule has 2 unspecified atom stereocenters. The van der Waals surface area contributed by atoms with Crippen molar-refractivity contribution in [3.63, 3.8) is 0 Å². The van der Waals surface area contributed by atoms with Crippen LogP contribution in [0.5, 0.6) is 0 Å². The van der Waals surface area contributed by atoms with E-state index < -0.39 is 5.41 Å². The lowest BCUT2D eigenvalue weighted by Crippen LogP contribution is -2.41. The molecule has 0 radical (unpaired) electrons. The first kappa shape index (κ1) is 24.6. The highest BCUT2D eigenvalue weighted by atomic mass is 31.0. The number of aromatic nitrogens is 1. The Hall–Kier alpha value is -3.05. The molecule has 0 saturated heterocycles. The predicted molar refractivity (Wildman–Crippen MR) is 143 cm³/mol. The Bertz CT molecular complexity index is 1440. The van der Waals surface area contributed by atoms with E-state index >= 15 is 0 Å². The number of fused-ring (bicyclic) bond motifs is 2. The molecule has 2 heterocycles. The van der Waals surface area contributed by atoms with Crippen LogP contribution in [0.2, 0.25) is 0 Å². The molecule has 1 aliphatic carbocycles. The maximum absolute atomic E-state index is 14.7. The minimum absolute atomic E-state index is 0.0775. The molecule has 188 valence electrons. The third kappa shape index (κ3) is 4.94. The number of halogens is 2. The molecule has 1 amide bonds. The van der Waals surface area contributed by atoms with Gasteiger partial charge in [0, 0.05) is 35.6 Å². The van der Waals surface area contributed by atoms with E-state index in [4.69, 9.17) is 4.42 Å². The van der Waals surface area contributed by atoms with Crippen LogP contribution < -0.4 is 5.32 Å². The molecule has 8 heteroatoms. The Kier molecular flexibility index (Phi) is 6.46. The van der Waals surface area contributed by atoms with Gasteiger partial charge in [0.25, 0.3) is 5.91 Å². The summed E-state index contributed by atoms with van der Waals surface area (Å²) < 4.78 is 33.9. The molecule has 36 heavy (non-hydrogen) atoms. The van der Waals surface area contributed by atoms with Crippen LogP contribution in [-0.4, -0.2) is 34.9 Å². The maximum atomic E-state index is 14.7. The summed E-state index contributed by atoms with van der Waals surface area (Å²) in [6.07, 6.45) is 3.39. The van der Waals surface area contributed by atoms with E-state index in [2.05, 4.69) is 25.6 Å². The fourth-order valence-electron chi connectivity index (χ4n) is 5.00. The summed E-state index contributed by atoms with van der Waals surface area (Å²) in [6, 6.07) is 13.9. The van der Waals surface area contributed by atoms with E-state index in [-0.39, 0.29) is 29.6 Å². The molecular weight excluding hydrogens is 479 g/mol. The first-order valence-electron chi connectivity index (χ1n) is 12.2. The number of aryl methyl sites for hydroxylation is 1. The van der Waals surface area contributed by atoms with E-state index in [9.17, 15) is 13.6 Å². The quantitative estimate of drug-likeness (QED) is 0.296. The molecule has 2 atom stereocenters. The zero-order chi connectivity index (χ0) is 25.6. The molecule has 0 bridgehead atoms. The summed E-state index contributed by atoms with van der Waals surface area (Å²) in [6.45, 7) is 3.52. The first-order chi connectivity index (χ1) is 17.1. The number of carbonyl (C=O) groups excluding carboxylic acids is 1. The van der Waals surface area contributed by atoms with Gasteiger partial charge in [0.2, 0.25) is 0 Å². The summed E-state index contributed by atoms with van der Waals surface area (Å²) in [4.78, 5) is 19.3. The predicted octanol–water partition coefficient (Wildman–Crippen LogP) is 6.94. The number of hydrogen-bond donors (Lipinski definition) is 1. The van der Waals surface area contributed by atoms with Crippen molar-refractivity contribution in [1.82, 2.24) is 9.88 Å². The molecule has 0 spiro atoms. The largest absolute Gasteiger partial charge is 0.451 e. The minimum atomic E-state index is -1.63. The number of amides is 1. The number of anilines is 1. The third-order valence-electron chi connectivity index (χ3n) is 7.08. The molecule has 2 aromatic carbocycles. The van der Waals surface area contributed by atoms with Crippen molar-refractivity contribution in [2.75, 3.05) is 12.4 Å². The first-order valence-corrected chi connectivity index (χ1v) is 12.8. The van der Waals surface area contributed by atoms with Crippen LogP contribution in [0, 0.1) is 12.7 Å². The van der Waals surface area contributed by atoms with Crippen LogP contribution in [0.15, 0.2) is 52.9 Å². The highest BCUT2D eigenvalue weighted by Crippen LogP contribution is 2.37. The van der Waals surface area contributed by atoms with Gasteiger partial charge in [-0.2, -0.15) is 0 Å². The fraction of sp³-hybridized carbons (Fsp3) is 0.357. The third-order valence-corrected chi connectivity index (χ3v) is 7.37. The molecule has 5 rings (SSSR count). The number of benzene rings is 2. The fourth-order valence-corrected chi connectivity index (χ4v) is 5.14. The average molecular weight is 510 g/mol. The van der Waals surface area contributed by atoms with Crippen molar-refractivity contribution < 1.29 is 18.0 Å². The zero-order valence-electron chi connectivity index (χ0n) is 20.6. The Morgan fingerprint density at radius 1 is 1.14 bits per heavy atom. The lowest BCUT2D eigenvalue weighted by Gasteiger charge is -2.35. The summed E-state index contributed by atoms with van der Waals surface area (Å²) in [5, 5.41) is 3.56. The van der Waals surface area contributed by atoms with E-state index in [1.54, 1.807) is 24.1 Å². The molecule has 1 saturated carbocycles. The van der Waals surface area contributed by atoms with Crippen LogP contribution in [0.3, 0.4) is 0 Å². The Morgan fingerprint density at radius 2 is 1.89 bits per heavy atom. The second kappa shape index (κ2) is 9.44. The number of hydrogen-bond acceptors (Lipinski definition) is 4. The second-order valence-corrected chi connectivity index (χ2v) is 11.1. The van der Waals surface area contributed by atoms with Crippen LogP contribution in [0.4, 0.5) is 14.5 Å². The van der Waals surface area contributed by atoms with Crippen LogP contribution in [-0.2, 0) is 5.41 Å². The van der Waals surface area contributed by atoms with Crippen molar-refractivity contribution in [2.45, 2.75) is 57.0 Å². The molecule has 1 fully saturated rings. The smallest absolute Gasteiger partial charge is 0.289 e. The van der Waals surface area contributed by atoms with Crippen LogP contribution in [0.1, 0.15) is 54.4 Å². The number of nitrogens with one attached hydrogen (secondary N) is 1. The molecule has 5 nitrogen and oxygen atoms in total. The van der Waals surface area contributed by atoms with Gasteiger partial charge < -0.3 is 14.6 Å². The number of furan rings is 1. The van der Waals surface area contributed by atoms with E-state index in [0.717, 1.165) is 47.8 Å². The van der Waals surface area contributed by atoms with Gasteiger partial charge in [-0.15, -0.1) is 0 Å². The monoisotopic (exact) mass is 509 g/mol. The van der Waals surface area contributed by atoms with Crippen molar-refractivity contribution in [1.29, 1.82) is 0 Å². The average Bonchev–Trinajstić information content (AvgIpc) is 3.26. The van der Waals surface area contributed by atoms with Gasteiger partial charge in [-0.3, -0.25) is 4.79 Å². The topological polar surface area (TPSA) is 58.4 Å². The summed E-state index contributed by atoms with van der Waals surface area (Å²) in [5.41, 5.74) is 3.63. The SMILES string of the molecule is Cc1ccc2nc(C(C)(F)P)cc(NC3CCC(N(C)C(=O)c4cc5cc(F)ccc5o4)CC3)c2c1. The van der Waals surface area contributed by atoms with E-state index in [0.29, 0.717) is 16.7 Å². The Balaban J connectivity index is 1.29. The van der Waals surface area contributed by atoms with Gasteiger partial charge in [-0.1, -0.05) is 20.9 Å². The normalized spacial score (nSPS) is 19.8. The number of carbonyl (C=O) groups is 1. The molecule has 4 aromatic rings. The highest BCUT2D eigenvalue weighted by molar-refractivity contribution is 7.18. The highest BCUT2D eigenvalue weighted by Gasteiger charge is 2.29. The van der Waals surface area contributed by atoms with E-state index in [1.165, 1.54) is 25.1 Å². The lowest BCUT2D eigenvalue weighted by atomic mass is 9.90. The van der Waals surface area contributed by atoms with Gasteiger partial charge in [-0.05, 0) is 82.0 Å². The van der Waals surface area contributed by atoms with E-state index in [1.807, 2.05) is 19.1 Å². The zero-order valence-corrected chi connectivity index (χ0v) is 21.8. The van der Waals surface area contributed by atoms with Gasteiger partial charge in [0.15, 0.2) is 11.2 Å². The van der Waals surface area contributed by atoms with Crippen molar-refractivity contribution in [3.05, 3.63) is 71.4 Å². The maximum Gasteiger partial charge on any atom is 0.289 e. The molecule has 2 aromatic heterocycles. The molecule has 1 N–H and O–H groups in total. The van der Waals surface area contributed by atoms with Gasteiger partial charge in [0.1, 0.15) is 11.4 Å². The summed E-state index contributed by atoms with van der Waals surface area (Å²) in [5.74, 6) is -0.346. The second-order valence-electron chi connectivity index (χ2n) is 10.0. The van der Waals surface area contributed by atoms with Crippen molar-refractivity contribution >= 4 is 42.7 Å². The Labute approximate surface area is 211 Å². The number of rotatable bonds is 5. The molecule has 0 aliphatic heterocycles. The summed E-state index contributed by atoms with van der Waals surface area (Å²) >= 11 is 0. The lowest BCUT2D eigenvalue weighted by molar-refractivity contribution is 0.0662. The summed E-state index contributed by atoms with van der Waals surface area (Å²) in [7, 11) is 4.02. The standard InChI is InChI=1S/C28H30F2N3O2P/c1-16-4-10-22-21(12-16)23(15-26(32-22)28(2,30)36)31-19-6-8-20(9-7-19)33(3)27(34)25-14-17-13-18(29)5-11-24(17)35-25/h4-5,10-15,19-20H,6-9,36H2,1-3H3,(H,31,32). The molecular formula is C28H30F2N3O2P. The number of pyridine rings is 1. The number of nitrogens with zero attached hydrogens (tertiary/aromatic N) is 2. The molecule has 1 aliphatic rings. The van der Waals surface area contributed by atoms with Gasteiger partial charge >= 0.3 is 0 Å². The minimum Gasteiger partial charge on any atom is -0.451 e.